The fraction of sp³-hybridized carbons (Fsp3) is 0.364. The predicted molar refractivity (Wildman–Crippen MR) is 59.4 cm³/mol. The Morgan fingerprint density at radius 2 is 1.69 bits per heavy atom. The second kappa shape index (κ2) is 3.81. The Balaban J connectivity index is 2.51. The second-order valence-corrected chi connectivity index (χ2v) is 6.18. The highest BCUT2D eigenvalue weighted by molar-refractivity contribution is 7.57. The van der Waals surface area contributed by atoms with Crippen LogP contribution in [-0.4, -0.2) is 20.0 Å². The standard InChI is InChI=1S/C11H13O4P/c1-14-16(13,15-2)11(8-10(11)12)9-6-4-3-5-7-9/h3-7H,8H2,1-2H3. The maximum absolute atomic E-state index is 12.4. The zero-order chi connectivity index (χ0) is 11.8. The van der Waals surface area contributed by atoms with Gasteiger partial charge in [-0.25, -0.2) is 0 Å². The smallest absolute Gasteiger partial charge is 0.311 e. The van der Waals surface area contributed by atoms with E-state index in [9.17, 15) is 9.36 Å². The van der Waals surface area contributed by atoms with Gasteiger partial charge in [0.05, 0.1) is 0 Å². The van der Waals surface area contributed by atoms with Gasteiger partial charge in [-0.15, -0.1) is 0 Å². The maximum Gasteiger partial charge on any atom is 0.348 e. The lowest BCUT2D eigenvalue weighted by Crippen LogP contribution is -2.13. The molecule has 1 aromatic carbocycles. The Kier molecular flexibility index (Phi) is 2.74. The zero-order valence-electron chi connectivity index (χ0n) is 9.17. The van der Waals surface area contributed by atoms with Crippen molar-refractivity contribution in [1.29, 1.82) is 0 Å². The highest BCUT2D eigenvalue weighted by atomic mass is 31.2. The Labute approximate surface area is 94.1 Å². The molecule has 2 rings (SSSR count). The van der Waals surface area contributed by atoms with Gasteiger partial charge < -0.3 is 9.05 Å². The van der Waals surface area contributed by atoms with Gasteiger partial charge in [0.15, 0.2) is 10.9 Å². The van der Waals surface area contributed by atoms with E-state index in [0.717, 1.165) is 0 Å². The van der Waals surface area contributed by atoms with Crippen molar-refractivity contribution < 1.29 is 18.4 Å². The molecule has 0 spiro atoms. The van der Waals surface area contributed by atoms with Crippen molar-refractivity contribution in [3.05, 3.63) is 35.9 Å². The van der Waals surface area contributed by atoms with E-state index in [-0.39, 0.29) is 12.2 Å². The molecule has 1 fully saturated rings. The van der Waals surface area contributed by atoms with Gasteiger partial charge in [0, 0.05) is 20.6 Å². The summed E-state index contributed by atoms with van der Waals surface area (Å²) in [6.07, 6.45) is 0.218. The summed E-state index contributed by atoms with van der Waals surface area (Å²) in [6, 6.07) is 9.00. The van der Waals surface area contributed by atoms with Crippen LogP contribution in [0.1, 0.15) is 12.0 Å². The summed E-state index contributed by atoms with van der Waals surface area (Å²) in [7, 11) is -0.788. The number of hydrogen-bond acceptors (Lipinski definition) is 4. The van der Waals surface area contributed by atoms with Crippen molar-refractivity contribution >= 4 is 13.4 Å². The molecule has 0 radical (unpaired) electrons. The van der Waals surface area contributed by atoms with E-state index in [4.69, 9.17) is 9.05 Å². The van der Waals surface area contributed by atoms with Gasteiger partial charge in [-0.1, -0.05) is 30.3 Å². The number of carbonyl (C=O) groups is 1. The average Bonchev–Trinajstić information content (AvgIpc) is 3.03. The summed E-state index contributed by atoms with van der Waals surface area (Å²) >= 11 is 0. The van der Waals surface area contributed by atoms with Crippen molar-refractivity contribution in [2.75, 3.05) is 14.2 Å². The lowest BCUT2D eigenvalue weighted by molar-refractivity contribution is -0.111. The molecule has 86 valence electrons. The molecule has 4 nitrogen and oxygen atoms in total. The van der Waals surface area contributed by atoms with Crippen LogP contribution in [0.3, 0.4) is 0 Å². The zero-order valence-corrected chi connectivity index (χ0v) is 10.1. The van der Waals surface area contributed by atoms with Crippen molar-refractivity contribution in [1.82, 2.24) is 0 Å². The molecule has 0 heterocycles. The van der Waals surface area contributed by atoms with Crippen LogP contribution in [0, 0.1) is 0 Å². The molecular weight excluding hydrogens is 227 g/mol. The molecule has 0 bridgehead atoms. The molecular formula is C11H13O4P. The van der Waals surface area contributed by atoms with Gasteiger partial charge in [0.25, 0.3) is 0 Å². The quantitative estimate of drug-likeness (QED) is 0.758. The molecule has 0 amide bonds. The normalized spacial score (nSPS) is 24.5. The Morgan fingerprint density at radius 1 is 1.19 bits per heavy atom. The van der Waals surface area contributed by atoms with Crippen molar-refractivity contribution in [2.24, 2.45) is 0 Å². The average molecular weight is 240 g/mol. The Morgan fingerprint density at radius 3 is 2.06 bits per heavy atom. The van der Waals surface area contributed by atoms with Crippen molar-refractivity contribution in [2.45, 2.75) is 11.6 Å². The molecule has 1 aliphatic carbocycles. The molecule has 1 atom stereocenters. The molecule has 1 aliphatic rings. The van der Waals surface area contributed by atoms with Crippen molar-refractivity contribution in [3.8, 4) is 0 Å². The van der Waals surface area contributed by atoms with Crippen LogP contribution in [0.2, 0.25) is 0 Å². The molecule has 1 unspecified atom stereocenters. The first-order valence-corrected chi connectivity index (χ1v) is 6.45. The number of Topliss-reactive ketones (excluding diaryl/α,β-unsaturated/α-hetero) is 1. The first-order chi connectivity index (χ1) is 7.60. The van der Waals surface area contributed by atoms with E-state index in [2.05, 4.69) is 0 Å². The molecule has 16 heavy (non-hydrogen) atoms. The van der Waals surface area contributed by atoms with Gasteiger partial charge in [-0.2, -0.15) is 0 Å². The van der Waals surface area contributed by atoms with E-state index < -0.39 is 12.8 Å². The summed E-state index contributed by atoms with van der Waals surface area (Å²) in [5, 5.41) is -1.07. The lowest BCUT2D eigenvalue weighted by atomic mass is 10.1. The van der Waals surface area contributed by atoms with Crippen LogP contribution in [0.4, 0.5) is 0 Å². The topological polar surface area (TPSA) is 52.6 Å². The minimum absolute atomic E-state index is 0.0919. The molecule has 0 saturated heterocycles. The van der Waals surface area contributed by atoms with Gasteiger partial charge in [0.2, 0.25) is 0 Å². The van der Waals surface area contributed by atoms with Crippen LogP contribution in [0.5, 0.6) is 0 Å². The number of carbonyl (C=O) groups excluding carboxylic acids is 1. The summed E-state index contributed by atoms with van der Waals surface area (Å²) < 4.78 is 22.3. The van der Waals surface area contributed by atoms with Crippen LogP contribution in [0.25, 0.3) is 0 Å². The second-order valence-electron chi connectivity index (χ2n) is 3.69. The first kappa shape index (κ1) is 11.5. The Bertz CT molecular complexity index is 448. The molecule has 0 aliphatic heterocycles. The largest absolute Gasteiger partial charge is 0.348 e. The third-order valence-electron chi connectivity index (χ3n) is 2.95. The number of benzene rings is 1. The van der Waals surface area contributed by atoms with E-state index in [1.807, 2.05) is 6.07 Å². The summed E-state index contributed by atoms with van der Waals surface area (Å²) in [6.45, 7) is 0. The molecule has 0 aromatic heterocycles. The van der Waals surface area contributed by atoms with Gasteiger partial charge in [-0.3, -0.25) is 9.36 Å². The lowest BCUT2D eigenvalue weighted by Gasteiger charge is -2.22. The summed E-state index contributed by atoms with van der Waals surface area (Å²) in [5.41, 5.74) is 0.701. The van der Waals surface area contributed by atoms with E-state index in [0.29, 0.717) is 5.56 Å². The van der Waals surface area contributed by atoms with E-state index in [1.165, 1.54) is 14.2 Å². The number of ketones is 1. The van der Waals surface area contributed by atoms with Crippen LogP contribution in [-0.2, 0) is 23.6 Å². The van der Waals surface area contributed by atoms with Crippen molar-refractivity contribution in [3.63, 3.8) is 0 Å². The summed E-state index contributed by atoms with van der Waals surface area (Å²) in [5.74, 6) is -0.0919. The Hall–Kier alpha value is -0.960. The van der Waals surface area contributed by atoms with Gasteiger partial charge in [-0.05, 0) is 5.56 Å². The van der Waals surface area contributed by atoms with Gasteiger partial charge in [0.1, 0.15) is 0 Å². The fourth-order valence-electron chi connectivity index (χ4n) is 1.96. The minimum atomic E-state index is -3.40. The molecule has 5 heteroatoms. The SMILES string of the molecule is COP(=O)(OC)C1(c2ccccc2)CC1=O. The highest BCUT2D eigenvalue weighted by Gasteiger charge is 2.69. The monoisotopic (exact) mass is 240 g/mol. The van der Waals surface area contributed by atoms with Crippen LogP contribution in [0.15, 0.2) is 30.3 Å². The van der Waals surface area contributed by atoms with Crippen LogP contribution >= 0.6 is 7.60 Å². The summed E-state index contributed by atoms with van der Waals surface area (Å²) in [4.78, 5) is 11.6. The third-order valence-corrected chi connectivity index (χ3v) is 5.51. The fourth-order valence-corrected chi connectivity index (χ4v) is 3.84. The van der Waals surface area contributed by atoms with E-state index >= 15 is 0 Å². The molecule has 1 saturated carbocycles. The first-order valence-electron chi connectivity index (χ1n) is 4.91. The third kappa shape index (κ3) is 1.38. The highest BCUT2D eigenvalue weighted by Crippen LogP contribution is 2.73. The molecule has 0 N–H and O–H groups in total. The maximum atomic E-state index is 12.4. The number of rotatable bonds is 4. The van der Waals surface area contributed by atoms with Crippen LogP contribution < -0.4 is 0 Å². The minimum Gasteiger partial charge on any atom is -0.311 e. The van der Waals surface area contributed by atoms with E-state index in [1.54, 1.807) is 24.3 Å². The number of hydrogen-bond donors (Lipinski definition) is 0. The molecule has 1 aromatic rings. The van der Waals surface area contributed by atoms with Gasteiger partial charge >= 0.3 is 7.60 Å². The predicted octanol–water partition coefficient (Wildman–Crippen LogP) is 2.34.